The van der Waals surface area contributed by atoms with Crippen LogP contribution in [-0.2, 0) is 10.0 Å². The summed E-state index contributed by atoms with van der Waals surface area (Å²) < 4.78 is 27.3. The molecule has 0 aliphatic carbocycles. The van der Waals surface area contributed by atoms with Crippen LogP contribution < -0.4 is 0 Å². The first-order chi connectivity index (χ1) is 11.5. The van der Waals surface area contributed by atoms with Gasteiger partial charge in [-0.1, -0.05) is 30.3 Å². The van der Waals surface area contributed by atoms with Crippen molar-refractivity contribution in [3.63, 3.8) is 0 Å². The predicted octanol–water partition coefficient (Wildman–Crippen LogP) is 3.27. The second kappa shape index (κ2) is 4.93. The number of hydrogen-bond donors (Lipinski definition) is 1. The number of nitro benzene ring substituents is 1. The number of nitro groups is 1. The quantitative estimate of drug-likeness (QED) is 0.457. The standard InChI is InChI=1S/C16H11N3O4S/c20-19(21)14-7-3-5-12-15(10-17-16(12)14)24(22,23)18-9-8-11-4-1-2-6-13(11)18/h1-10,17H. The van der Waals surface area contributed by atoms with E-state index in [0.717, 1.165) is 5.39 Å². The van der Waals surface area contributed by atoms with Gasteiger partial charge in [-0.2, -0.15) is 0 Å². The van der Waals surface area contributed by atoms with E-state index in [1.54, 1.807) is 24.3 Å². The number of para-hydroxylation sites is 2. The number of rotatable bonds is 3. The Morgan fingerprint density at radius 3 is 2.62 bits per heavy atom. The van der Waals surface area contributed by atoms with Gasteiger partial charge in [-0.25, -0.2) is 12.4 Å². The summed E-state index contributed by atoms with van der Waals surface area (Å²) >= 11 is 0. The van der Waals surface area contributed by atoms with Gasteiger partial charge < -0.3 is 4.98 Å². The molecule has 4 aromatic rings. The summed E-state index contributed by atoms with van der Waals surface area (Å²) in [5.74, 6) is 0. The van der Waals surface area contributed by atoms with E-state index < -0.39 is 14.9 Å². The van der Waals surface area contributed by atoms with E-state index in [1.807, 2.05) is 12.1 Å². The Balaban J connectivity index is 2.00. The summed E-state index contributed by atoms with van der Waals surface area (Å²) in [7, 11) is -3.89. The van der Waals surface area contributed by atoms with Crippen molar-refractivity contribution in [3.05, 3.63) is 71.0 Å². The molecule has 0 spiro atoms. The molecule has 7 nitrogen and oxygen atoms in total. The molecule has 0 amide bonds. The fraction of sp³-hybridized carbons (Fsp3) is 0. The zero-order valence-corrected chi connectivity index (χ0v) is 13.0. The molecule has 0 unspecified atom stereocenters. The number of nitrogens with zero attached hydrogens (tertiary/aromatic N) is 2. The average Bonchev–Trinajstić information content (AvgIpc) is 3.19. The van der Waals surface area contributed by atoms with Crippen LogP contribution in [-0.4, -0.2) is 22.3 Å². The topological polar surface area (TPSA) is 98.0 Å². The SMILES string of the molecule is O=[N+]([O-])c1cccc2c(S(=O)(=O)n3ccc4ccccc43)c[nH]c12. The molecule has 0 aliphatic rings. The van der Waals surface area contributed by atoms with Crippen LogP contribution in [0.15, 0.2) is 65.8 Å². The maximum Gasteiger partial charge on any atom is 0.293 e. The lowest BCUT2D eigenvalue weighted by atomic mass is 10.2. The highest BCUT2D eigenvalue weighted by molar-refractivity contribution is 7.90. The molecule has 0 bridgehead atoms. The summed E-state index contributed by atoms with van der Waals surface area (Å²) in [5, 5.41) is 12.2. The first-order valence-electron chi connectivity index (χ1n) is 7.06. The van der Waals surface area contributed by atoms with Crippen LogP contribution in [0.3, 0.4) is 0 Å². The monoisotopic (exact) mass is 341 g/mol. The summed E-state index contributed by atoms with van der Waals surface area (Å²) in [6, 6.07) is 13.2. The first kappa shape index (κ1) is 14.5. The van der Waals surface area contributed by atoms with Crippen molar-refractivity contribution in [2.75, 3.05) is 0 Å². The Hall–Kier alpha value is -3.13. The van der Waals surface area contributed by atoms with E-state index in [9.17, 15) is 18.5 Å². The lowest BCUT2D eigenvalue weighted by molar-refractivity contribution is -0.383. The van der Waals surface area contributed by atoms with Crippen LogP contribution in [0.5, 0.6) is 0 Å². The molecule has 1 N–H and O–H groups in total. The van der Waals surface area contributed by atoms with Gasteiger partial charge in [0.25, 0.3) is 15.7 Å². The first-order valence-corrected chi connectivity index (χ1v) is 8.50. The highest BCUT2D eigenvalue weighted by Crippen LogP contribution is 2.31. The van der Waals surface area contributed by atoms with Crippen molar-refractivity contribution in [1.29, 1.82) is 0 Å². The number of aromatic amines is 1. The summed E-state index contributed by atoms with van der Waals surface area (Å²) in [5.41, 5.74) is 0.584. The number of hydrogen-bond acceptors (Lipinski definition) is 4. The molecule has 8 heteroatoms. The number of aromatic nitrogens is 2. The Bertz CT molecular complexity index is 1200. The summed E-state index contributed by atoms with van der Waals surface area (Å²) in [4.78, 5) is 13.3. The van der Waals surface area contributed by atoms with Crippen molar-refractivity contribution in [1.82, 2.24) is 8.96 Å². The second-order valence-electron chi connectivity index (χ2n) is 5.29. The minimum absolute atomic E-state index is 0.00236. The Morgan fingerprint density at radius 2 is 1.83 bits per heavy atom. The molecule has 4 rings (SSSR count). The van der Waals surface area contributed by atoms with Crippen molar-refractivity contribution in [2.45, 2.75) is 4.90 Å². The molecular weight excluding hydrogens is 330 g/mol. The van der Waals surface area contributed by atoms with Gasteiger partial charge >= 0.3 is 0 Å². The number of non-ortho nitro benzene ring substituents is 1. The molecule has 24 heavy (non-hydrogen) atoms. The maximum absolute atomic E-state index is 13.0. The Morgan fingerprint density at radius 1 is 1.04 bits per heavy atom. The zero-order valence-electron chi connectivity index (χ0n) is 12.2. The van der Waals surface area contributed by atoms with Gasteiger partial charge in [-0.3, -0.25) is 10.1 Å². The number of benzene rings is 2. The van der Waals surface area contributed by atoms with Gasteiger partial charge in [0.1, 0.15) is 10.4 Å². The lowest BCUT2D eigenvalue weighted by Crippen LogP contribution is -2.11. The largest absolute Gasteiger partial charge is 0.354 e. The maximum atomic E-state index is 13.0. The third kappa shape index (κ3) is 1.93. The number of fused-ring (bicyclic) bond motifs is 2. The normalized spacial score (nSPS) is 12.0. The molecule has 0 atom stereocenters. The fourth-order valence-corrected chi connectivity index (χ4v) is 4.37. The second-order valence-corrected chi connectivity index (χ2v) is 7.07. The van der Waals surface area contributed by atoms with E-state index in [2.05, 4.69) is 4.98 Å². The van der Waals surface area contributed by atoms with Crippen LogP contribution in [0.1, 0.15) is 0 Å². The van der Waals surface area contributed by atoms with Crippen LogP contribution >= 0.6 is 0 Å². The molecule has 0 aliphatic heterocycles. The van der Waals surface area contributed by atoms with E-state index in [-0.39, 0.29) is 16.1 Å². The lowest BCUT2D eigenvalue weighted by Gasteiger charge is -2.06. The van der Waals surface area contributed by atoms with Gasteiger partial charge in [-0.15, -0.1) is 0 Å². The van der Waals surface area contributed by atoms with Gasteiger partial charge in [0.15, 0.2) is 0 Å². The minimum atomic E-state index is -3.89. The third-order valence-electron chi connectivity index (χ3n) is 3.95. The average molecular weight is 341 g/mol. The molecule has 0 fully saturated rings. The van der Waals surface area contributed by atoms with Gasteiger partial charge in [0, 0.05) is 29.2 Å². The number of H-pyrrole nitrogens is 1. The van der Waals surface area contributed by atoms with Crippen molar-refractivity contribution in [2.24, 2.45) is 0 Å². The van der Waals surface area contributed by atoms with Crippen molar-refractivity contribution >= 4 is 37.5 Å². The molecule has 0 saturated heterocycles. The van der Waals surface area contributed by atoms with E-state index in [1.165, 1.54) is 28.5 Å². The van der Waals surface area contributed by atoms with Crippen molar-refractivity contribution in [3.8, 4) is 0 Å². The Labute approximate surface area is 136 Å². The summed E-state index contributed by atoms with van der Waals surface area (Å²) in [6.45, 7) is 0. The fourth-order valence-electron chi connectivity index (χ4n) is 2.85. The smallest absolute Gasteiger partial charge is 0.293 e. The van der Waals surface area contributed by atoms with Gasteiger partial charge in [-0.05, 0) is 12.1 Å². The molecule has 0 saturated carbocycles. The van der Waals surface area contributed by atoms with Crippen LogP contribution in [0.4, 0.5) is 5.69 Å². The molecule has 2 heterocycles. The number of nitrogens with one attached hydrogen (secondary N) is 1. The Kier molecular flexibility index (Phi) is 2.97. The van der Waals surface area contributed by atoms with Crippen LogP contribution in [0.2, 0.25) is 0 Å². The van der Waals surface area contributed by atoms with E-state index in [4.69, 9.17) is 0 Å². The highest BCUT2D eigenvalue weighted by atomic mass is 32.2. The van der Waals surface area contributed by atoms with E-state index >= 15 is 0 Å². The van der Waals surface area contributed by atoms with Gasteiger partial charge in [0.2, 0.25) is 0 Å². The van der Waals surface area contributed by atoms with Crippen LogP contribution in [0.25, 0.3) is 21.8 Å². The van der Waals surface area contributed by atoms with Gasteiger partial charge in [0.05, 0.1) is 10.4 Å². The highest BCUT2D eigenvalue weighted by Gasteiger charge is 2.25. The van der Waals surface area contributed by atoms with Crippen molar-refractivity contribution < 1.29 is 13.3 Å². The van der Waals surface area contributed by atoms with E-state index in [0.29, 0.717) is 10.9 Å². The predicted molar refractivity (Wildman–Crippen MR) is 89.5 cm³/mol. The zero-order chi connectivity index (χ0) is 16.9. The summed E-state index contributed by atoms with van der Waals surface area (Å²) in [6.07, 6.45) is 2.78. The molecule has 2 aromatic heterocycles. The minimum Gasteiger partial charge on any atom is -0.354 e. The molecule has 2 aromatic carbocycles. The molecule has 120 valence electrons. The third-order valence-corrected chi connectivity index (χ3v) is 5.68. The van der Waals surface area contributed by atoms with Crippen LogP contribution in [0, 0.1) is 10.1 Å². The molecular formula is C16H11N3O4S. The molecule has 0 radical (unpaired) electrons.